The van der Waals surface area contributed by atoms with Gasteiger partial charge in [-0.1, -0.05) is 11.6 Å². The van der Waals surface area contributed by atoms with E-state index >= 15 is 0 Å². The Hall–Kier alpha value is -0.380. The minimum absolute atomic E-state index is 0.654. The first-order chi connectivity index (χ1) is 6.22. The predicted molar refractivity (Wildman–Crippen MR) is 59.9 cm³/mol. The number of hydrogen-bond acceptors (Lipinski definition) is 2. The molecular formula is C9H4BrClOS. The molecule has 1 aromatic heterocycles. The highest BCUT2D eigenvalue weighted by atomic mass is 79.9. The fourth-order valence-corrected chi connectivity index (χ4v) is 3.05. The highest BCUT2D eigenvalue weighted by Gasteiger charge is 2.08. The Morgan fingerprint density at radius 3 is 2.92 bits per heavy atom. The first kappa shape index (κ1) is 9.19. The van der Waals surface area contributed by atoms with Gasteiger partial charge in [-0.15, -0.1) is 11.3 Å². The quantitative estimate of drug-likeness (QED) is 0.715. The van der Waals surface area contributed by atoms with Crippen molar-refractivity contribution in [3.63, 3.8) is 0 Å². The molecule has 0 amide bonds. The van der Waals surface area contributed by atoms with Gasteiger partial charge in [0.15, 0.2) is 6.29 Å². The van der Waals surface area contributed by atoms with Gasteiger partial charge in [0.2, 0.25) is 0 Å². The predicted octanol–water partition coefficient (Wildman–Crippen LogP) is 4.13. The third-order valence-electron chi connectivity index (χ3n) is 1.76. The van der Waals surface area contributed by atoms with Crippen molar-refractivity contribution < 1.29 is 4.79 Å². The van der Waals surface area contributed by atoms with Crippen molar-refractivity contribution in [3.05, 3.63) is 32.6 Å². The summed E-state index contributed by atoms with van der Waals surface area (Å²) in [6, 6.07) is 5.55. The van der Waals surface area contributed by atoms with Crippen molar-refractivity contribution in [2.75, 3.05) is 0 Å². The van der Waals surface area contributed by atoms with Gasteiger partial charge >= 0.3 is 0 Å². The van der Waals surface area contributed by atoms with E-state index < -0.39 is 0 Å². The van der Waals surface area contributed by atoms with Crippen LogP contribution in [0.15, 0.2) is 22.0 Å². The molecule has 0 spiro atoms. The van der Waals surface area contributed by atoms with Crippen LogP contribution >= 0.6 is 38.9 Å². The summed E-state index contributed by atoms with van der Waals surface area (Å²) in [7, 11) is 0. The fourth-order valence-electron chi connectivity index (χ4n) is 1.17. The lowest BCUT2D eigenvalue weighted by Gasteiger charge is -1.91. The maximum atomic E-state index is 10.7. The Balaban J connectivity index is 2.88. The van der Waals surface area contributed by atoms with Crippen molar-refractivity contribution in [1.29, 1.82) is 0 Å². The van der Waals surface area contributed by atoms with Crippen LogP contribution in [0.25, 0.3) is 10.1 Å². The molecule has 1 heterocycles. The first-order valence-corrected chi connectivity index (χ1v) is 5.54. The Kier molecular flexibility index (Phi) is 2.41. The molecule has 0 aliphatic rings. The van der Waals surface area contributed by atoms with Crippen molar-refractivity contribution in [2.45, 2.75) is 0 Å². The topological polar surface area (TPSA) is 17.1 Å². The van der Waals surface area contributed by atoms with Gasteiger partial charge in [-0.05, 0) is 34.1 Å². The third kappa shape index (κ3) is 1.52. The second-order valence-electron chi connectivity index (χ2n) is 2.55. The molecule has 0 bridgehead atoms. The molecule has 2 rings (SSSR count). The minimum atomic E-state index is 0.654. The summed E-state index contributed by atoms with van der Waals surface area (Å²) in [5.74, 6) is 0. The van der Waals surface area contributed by atoms with Gasteiger partial charge in [0.05, 0.1) is 3.79 Å². The molecule has 0 radical (unpaired) electrons. The summed E-state index contributed by atoms with van der Waals surface area (Å²) < 4.78 is 1.93. The first-order valence-electron chi connectivity index (χ1n) is 3.55. The van der Waals surface area contributed by atoms with Crippen molar-refractivity contribution in [2.24, 2.45) is 0 Å². The smallest absolute Gasteiger partial charge is 0.152 e. The monoisotopic (exact) mass is 274 g/mol. The Morgan fingerprint density at radius 1 is 1.46 bits per heavy atom. The molecule has 0 fully saturated rings. The normalized spacial score (nSPS) is 10.6. The second kappa shape index (κ2) is 3.40. The zero-order chi connectivity index (χ0) is 9.42. The molecule has 0 aliphatic heterocycles. The van der Waals surface area contributed by atoms with E-state index in [1.165, 1.54) is 11.3 Å². The van der Waals surface area contributed by atoms with E-state index in [-0.39, 0.29) is 0 Å². The van der Waals surface area contributed by atoms with Crippen molar-refractivity contribution in [3.8, 4) is 0 Å². The number of carbonyl (C=O) groups excluding carboxylic acids is 1. The van der Waals surface area contributed by atoms with Gasteiger partial charge < -0.3 is 0 Å². The second-order valence-corrected chi connectivity index (χ2v) is 5.35. The van der Waals surface area contributed by atoms with Crippen LogP contribution in [0.4, 0.5) is 0 Å². The molecule has 66 valence electrons. The van der Waals surface area contributed by atoms with Crippen LogP contribution in [0, 0.1) is 0 Å². The number of thiophene rings is 1. The van der Waals surface area contributed by atoms with Crippen LogP contribution in [0.1, 0.15) is 10.4 Å². The fraction of sp³-hybridized carbons (Fsp3) is 0. The van der Waals surface area contributed by atoms with Crippen LogP contribution in [-0.4, -0.2) is 6.29 Å². The number of halogens is 2. The van der Waals surface area contributed by atoms with Crippen LogP contribution in [0.2, 0.25) is 5.02 Å². The molecule has 0 N–H and O–H groups in total. The van der Waals surface area contributed by atoms with Gasteiger partial charge in [0, 0.05) is 20.7 Å². The Labute approximate surface area is 92.5 Å². The Bertz CT molecular complexity index is 478. The van der Waals surface area contributed by atoms with E-state index in [0.717, 1.165) is 20.2 Å². The van der Waals surface area contributed by atoms with E-state index in [0.29, 0.717) is 10.6 Å². The molecular weight excluding hydrogens is 272 g/mol. The van der Waals surface area contributed by atoms with Gasteiger partial charge in [0.1, 0.15) is 0 Å². The minimum Gasteiger partial charge on any atom is -0.298 e. The van der Waals surface area contributed by atoms with E-state index in [1.54, 1.807) is 0 Å². The zero-order valence-corrected chi connectivity index (χ0v) is 9.54. The molecule has 0 saturated heterocycles. The molecule has 0 saturated carbocycles. The number of fused-ring (bicyclic) bond motifs is 1. The summed E-state index contributed by atoms with van der Waals surface area (Å²) >= 11 is 10.7. The number of rotatable bonds is 1. The highest BCUT2D eigenvalue weighted by Crippen LogP contribution is 2.35. The number of carbonyl (C=O) groups is 1. The highest BCUT2D eigenvalue weighted by molar-refractivity contribution is 9.11. The lowest BCUT2D eigenvalue weighted by molar-refractivity contribution is 0.112. The Morgan fingerprint density at radius 2 is 2.23 bits per heavy atom. The molecule has 0 unspecified atom stereocenters. The summed E-state index contributed by atoms with van der Waals surface area (Å²) in [5.41, 5.74) is 0.683. The number of benzene rings is 1. The van der Waals surface area contributed by atoms with E-state index in [2.05, 4.69) is 15.9 Å². The molecule has 13 heavy (non-hydrogen) atoms. The third-order valence-corrected chi connectivity index (χ3v) is 3.88. The van der Waals surface area contributed by atoms with Gasteiger partial charge in [-0.3, -0.25) is 4.79 Å². The standard InChI is InChI=1S/C9H4BrClOS/c10-9-7(4-12)6-3-5(11)1-2-8(6)13-9/h1-4H. The lowest BCUT2D eigenvalue weighted by atomic mass is 10.2. The zero-order valence-electron chi connectivity index (χ0n) is 6.38. The van der Waals surface area contributed by atoms with Crippen LogP contribution in [0.5, 0.6) is 0 Å². The van der Waals surface area contributed by atoms with E-state index in [4.69, 9.17) is 11.6 Å². The molecule has 1 aromatic carbocycles. The average Bonchev–Trinajstić information content (AvgIpc) is 2.40. The van der Waals surface area contributed by atoms with Gasteiger partial charge in [0.25, 0.3) is 0 Å². The summed E-state index contributed by atoms with van der Waals surface area (Å²) in [6.45, 7) is 0. The van der Waals surface area contributed by atoms with E-state index in [9.17, 15) is 4.79 Å². The summed E-state index contributed by atoms with van der Waals surface area (Å²) in [6.07, 6.45) is 0.846. The average molecular weight is 276 g/mol. The van der Waals surface area contributed by atoms with Crippen molar-refractivity contribution >= 4 is 55.2 Å². The number of hydrogen-bond donors (Lipinski definition) is 0. The maximum Gasteiger partial charge on any atom is 0.152 e. The summed E-state index contributed by atoms with van der Waals surface area (Å²) in [4.78, 5) is 10.7. The molecule has 1 nitrogen and oxygen atoms in total. The number of aldehydes is 1. The molecule has 2 aromatic rings. The van der Waals surface area contributed by atoms with Crippen LogP contribution in [0.3, 0.4) is 0 Å². The van der Waals surface area contributed by atoms with Gasteiger partial charge in [-0.25, -0.2) is 0 Å². The van der Waals surface area contributed by atoms with E-state index in [1.807, 2.05) is 18.2 Å². The van der Waals surface area contributed by atoms with Gasteiger partial charge in [-0.2, -0.15) is 0 Å². The SMILES string of the molecule is O=Cc1c(Br)sc2ccc(Cl)cc12. The van der Waals surface area contributed by atoms with Crippen LogP contribution in [-0.2, 0) is 0 Å². The maximum absolute atomic E-state index is 10.7. The molecule has 0 atom stereocenters. The summed E-state index contributed by atoms with van der Waals surface area (Å²) in [5, 5.41) is 1.57. The molecule has 0 aliphatic carbocycles. The lowest BCUT2D eigenvalue weighted by Crippen LogP contribution is -1.75. The molecule has 4 heteroatoms. The largest absolute Gasteiger partial charge is 0.298 e. The van der Waals surface area contributed by atoms with Crippen LogP contribution < -0.4 is 0 Å². The van der Waals surface area contributed by atoms with Crippen molar-refractivity contribution in [1.82, 2.24) is 0 Å².